The average Bonchev–Trinajstić information content (AvgIpc) is 2.48. The number of hydrogen-bond acceptors (Lipinski definition) is 3. The molecule has 1 aromatic heterocycles. The van der Waals surface area contributed by atoms with Crippen LogP contribution in [0.4, 0.5) is 18.0 Å². The van der Waals surface area contributed by atoms with E-state index >= 15 is 0 Å². The number of carbonyl (C=O) groups excluding carboxylic acids is 1. The number of aromatic nitrogens is 1. The molecule has 0 radical (unpaired) electrons. The number of pyridine rings is 1. The molecule has 1 aromatic carbocycles. The van der Waals surface area contributed by atoms with E-state index in [1.54, 1.807) is 33.0 Å². The Bertz CT molecular complexity index is 795. The second-order valence-corrected chi connectivity index (χ2v) is 6.54. The molecule has 0 unspecified atom stereocenters. The second kappa shape index (κ2) is 6.74. The summed E-state index contributed by atoms with van der Waals surface area (Å²) in [7, 11) is 0. The fourth-order valence-electron chi connectivity index (χ4n) is 2.25. The Balaban J connectivity index is 2.39. The molecule has 0 aliphatic rings. The molecule has 1 N–H and O–H groups in total. The second-order valence-electron chi connectivity index (χ2n) is 6.54. The van der Waals surface area contributed by atoms with Gasteiger partial charge < -0.3 is 10.1 Å². The number of carbonyl (C=O) groups is 1. The van der Waals surface area contributed by atoms with Crippen LogP contribution in [0.25, 0.3) is 16.8 Å². The number of fused-ring (bicyclic) bond motifs is 1. The first-order valence-electron chi connectivity index (χ1n) is 7.58. The van der Waals surface area contributed by atoms with Gasteiger partial charge in [0.15, 0.2) is 6.04 Å². The minimum absolute atomic E-state index is 0.0907. The van der Waals surface area contributed by atoms with Crippen molar-refractivity contribution in [2.75, 3.05) is 0 Å². The number of nitrogens with one attached hydrogen (secondary N) is 1. The number of rotatable bonds is 3. The van der Waals surface area contributed by atoms with Crippen LogP contribution in [0.3, 0.4) is 0 Å². The van der Waals surface area contributed by atoms with E-state index in [-0.39, 0.29) is 5.56 Å². The first-order chi connectivity index (χ1) is 11.5. The Labute approximate surface area is 143 Å². The predicted molar refractivity (Wildman–Crippen MR) is 90.0 cm³/mol. The number of nitrogens with zero attached hydrogens (tertiary/aromatic N) is 1. The van der Waals surface area contributed by atoms with Crippen LogP contribution in [0.1, 0.15) is 38.1 Å². The van der Waals surface area contributed by atoms with Crippen LogP contribution in [0.15, 0.2) is 37.0 Å². The van der Waals surface area contributed by atoms with Crippen LogP contribution in [0, 0.1) is 0 Å². The lowest BCUT2D eigenvalue weighted by Gasteiger charge is -2.25. The SMILES string of the molecule is C=Cc1cc2cc([C@H](NC(=O)OC(C)(C)C)C(F)(F)F)ccc2cn1. The summed E-state index contributed by atoms with van der Waals surface area (Å²) in [5.74, 6) is 0. The van der Waals surface area contributed by atoms with Crippen LogP contribution in [-0.2, 0) is 4.74 Å². The summed E-state index contributed by atoms with van der Waals surface area (Å²) in [4.78, 5) is 15.9. The number of hydrogen-bond donors (Lipinski definition) is 1. The Morgan fingerprint density at radius 3 is 2.48 bits per heavy atom. The summed E-state index contributed by atoms with van der Waals surface area (Å²) in [6.07, 6.45) is -2.73. The Morgan fingerprint density at radius 1 is 1.24 bits per heavy atom. The smallest absolute Gasteiger partial charge is 0.412 e. The maximum Gasteiger partial charge on any atom is 0.412 e. The van der Waals surface area contributed by atoms with E-state index in [1.165, 1.54) is 24.3 Å². The number of alkyl carbamates (subject to hydrolysis) is 1. The Hall–Kier alpha value is -2.57. The third kappa shape index (κ3) is 4.95. The van der Waals surface area contributed by atoms with Gasteiger partial charge in [0.1, 0.15) is 5.60 Å². The normalized spacial score (nSPS) is 13.4. The highest BCUT2D eigenvalue weighted by atomic mass is 19.4. The van der Waals surface area contributed by atoms with Crippen molar-refractivity contribution in [3.05, 3.63) is 48.3 Å². The average molecular weight is 352 g/mol. The zero-order chi connectivity index (χ0) is 18.8. The number of halogens is 3. The van der Waals surface area contributed by atoms with Crippen LogP contribution >= 0.6 is 0 Å². The first-order valence-corrected chi connectivity index (χ1v) is 7.58. The van der Waals surface area contributed by atoms with E-state index in [2.05, 4.69) is 11.6 Å². The molecule has 1 heterocycles. The first kappa shape index (κ1) is 18.8. The van der Waals surface area contributed by atoms with Gasteiger partial charge in [-0.3, -0.25) is 4.98 Å². The fourth-order valence-corrected chi connectivity index (χ4v) is 2.25. The van der Waals surface area contributed by atoms with Gasteiger partial charge >= 0.3 is 12.3 Å². The van der Waals surface area contributed by atoms with Gasteiger partial charge in [-0.2, -0.15) is 13.2 Å². The van der Waals surface area contributed by atoms with Gasteiger partial charge in [-0.05, 0) is 49.9 Å². The lowest BCUT2D eigenvalue weighted by Crippen LogP contribution is -2.41. The molecule has 1 atom stereocenters. The van der Waals surface area contributed by atoms with Crippen molar-refractivity contribution in [1.29, 1.82) is 0 Å². The van der Waals surface area contributed by atoms with Crippen LogP contribution in [0.5, 0.6) is 0 Å². The van der Waals surface area contributed by atoms with E-state index in [9.17, 15) is 18.0 Å². The van der Waals surface area contributed by atoms with E-state index in [1.807, 2.05) is 5.32 Å². The van der Waals surface area contributed by atoms with Crippen molar-refractivity contribution in [3.63, 3.8) is 0 Å². The standard InChI is InChI=1S/C18H19F3N2O2/c1-5-14-9-13-8-11(6-7-12(13)10-22-14)15(18(19,20)21)23-16(24)25-17(2,3)4/h5-10,15H,1H2,2-4H3,(H,23,24)/t15-/m0/s1. The molecule has 2 aromatic rings. The van der Waals surface area contributed by atoms with Crippen molar-refractivity contribution in [3.8, 4) is 0 Å². The number of alkyl halides is 3. The highest BCUT2D eigenvalue weighted by molar-refractivity contribution is 5.84. The summed E-state index contributed by atoms with van der Waals surface area (Å²) in [5.41, 5.74) is -0.436. The molecule has 25 heavy (non-hydrogen) atoms. The summed E-state index contributed by atoms with van der Waals surface area (Å²) in [6, 6.07) is 3.67. The topological polar surface area (TPSA) is 51.2 Å². The molecule has 4 nitrogen and oxygen atoms in total. The van der Waals surface area contributed by atoms with Crippen LogP contribution in [0.2, 0.25) is 0 Å². The summed E-state index contributed by atoms with van der Waals surface area (Å²) >= 11 is 0. The monoisotopic (exact) mass is 352 g/mol. The Kier molecular flexibility index (Phi) is 5.06. The third-order valence-corrected chi connectivity index (χ3v) is 3.30. The molecule has 2 rings (SSSR count). The lowest BCUT2D eigenvalue weighted by molar-refractivity contribution is -0.156. The molecule has 0 spiro atoms. The van der Waals surface area contributed by atoms with E-state index in [0.717, 1.165) is 0 Å². The van der Waals surface area contributed by atoms with Crippen molar-refractivity contribution in [2.45, 2.75) is 38.6 Å². The molecule has 1 amide bonds. The van der Waals surface area contributed by atoms with Gasteiger partial charge in [0.2, 0.25) is 0 Å². The highest BCUT2D eigenvalue weighted by Gasteiger charge is 2.42. The molecular weight excluding hydrogens is 333 g/mol. The molecule has 0 fully saturated rings. The van der Waals surface area contributed by atoms with Crippen LogP contribution in [-0.4, -0.2) is 22.9 Å². The highest BCUT2D eigenvalue weighted by Crippen LogP contribution is 2.34. The molecule has 0 saturated carbocycles. The largest absolute Gasteiger partial charge is 0.444 e. The molecule has 134 valence electrons. The van der Waals surface area contributed by atoms with Crippen molar-refractivity contribution in [1.82, 2.24) is 10.3 Å². The third-order valence-electron chi connectivity index (χ3n) is 3.30. The van der Waals surface area contributed by atoms with Gasteiger partial charge in [0.05, 0.1) is 5.69 Å². The van der Waals surface area contributed by atoms with Gasteiger partial charge in [-0.25, -0.2) is 4.79 Å². The van der Waals surface area contributed by atoms with Crippen molar-refractivity contribution < 1.29 is 22.7 Å². The minimum atomic E-state index is -4.67. The summed E-state index contributed by atoms with van der Waals surface area (Å²) in [5, 5.41) is 3.16. The predicted octanol–water partition coefficient (Wildman–Crippen LogP) is 5.01. The molecule has 0 bridgehead atoms. The van der Waals surface area contributed by atoms with E-state index in [0.29, 0.717) is 16.5 Å². The van der Waals surface area contributed by atoms with Gasteiger partial charge in [0.25, 0.3) is 0 Å². The molecule has 0 saturated heterocycles. The maximum atomic E-state index is 13.4. The number of ether oxygens (including phenoxy) is 1. The fraction of sp³-hybridized carbons (Fsp3) is 0.333. The molecule has 0 aliphatic carbocycles. The van der Waals surface area contributed by atoms with Crippen molar-refractivity contribution in [2.24, 2.45) is 0 Å². The number of amides is 1. The molecule has 7 heteroatoms. The van der Waals surface area contributed by atoms with Gasteiger partial charge in [-0.1, -0.05) is 18.7 Å². The zero-order valence-electron chi connectivity index (χ0n) is 14.1. The maximum absolute atomic E-state index is 13.4. The van der Waals surface area contributed by atoms with Gasteiger partial charge in [-0.15, -0.1) is 0 Å². The van der Waals surface area contributed by atoms with Crippen molar-refractivity contribution >= 4 is 22.9 Å². The summed E-state index contributed by atoms with van der Waals surface area (Å²) < 4.78 is 45.3. The van der Waals surface area contributed by atoms with E-state index in [4.69, 9.17) is 4.74 Å². The van der Waals surface area contributed by atoms with E-state index < -0.39 is 23.9 Å². The molecular formula is C18H19F3N2O2. The van der Waals surface area contributed by atoms with Crippen LogP contribution < -0.4 is 5.32 Å². The number of benzene rings is 1. The zero-order valence-corrected chi connectivity index (χ0v) is 14.1. The lowest BCUT2D eigenvalue weighted by atomic mass is 10.0. The Morgan fingerprint density at radius 2 is 1.92 bits per heavy atom. The molecule has 0 aliphatic heterocycles. The summed E-state index contributed by atoms with van der Waals surface area (Å²) in [6.45, 7) is 8.33. The minimum Gasteiger partial charge on any atom is -0.444 e. The van der Waals surface area contributed by atoms with Gasteiger partial charge in [0, 0.05) is 11.6 Å². The quantitative estimate of drug-likeness (QED) is 0.845.